The van der Waals surface area contributed by atoms with Gasteiger partial charge in [0, 0.05) is 5.02 Å². The van der Waals surface area contributed by atoms with E-state index in [-0.39, 0.29) is 0 Å². The van der Waals surface area contributed by atoms with Crippen LogP contribution >= 0.6 is 11.6 Å². The first kappa shape index (κ1) is 15.5. The Morgan fingerprint density at radius 2 is 1.83 bits per heavy atom. The Kier molecular flexibility index (Phi) is 6.17. The first-order valence-corrected chi connectivity index (χ1v) is 7.35. The maximum Gasteiger partial charge on any atom is 0.0871 e. The summed E-state index contributed by atoms with van der Waals surface area (Å²) in [7, 11) is 0. The minimum Gasteiger partial charge on any atom is -0.385 e. The van der Waals surface area contributed by atoms with Gasteiger partial charge in [0.05, 0.1) is 5.60 Å². The summed E-state index contributed by atoms with van der Waals surface area (Å²) in [6.07, 6.45) is 5.63. The molecule has 1 rings (SSSR count). The fourth-order valence-corrected chi connectivity index (χ4v) is 2.56. The minimum atomic E-state index is -0.751. The molecule has 2 unspecified atom stereocenters. The van der Waals surface area contributed by atoms with Crippen LogP contribution in [0.4, 0.5) is 0 Å². The molecule has 18 heavy (non-hydrogen) atoms. The zero-order chi connectivity index (χ0) is 13.6. The summed E-state index contributed by atoms with van der Waals surface area (Å²) in [5, 5.41) is 11.3. The second-order valence-electron chi connectivity index (χ2n) is 5.40. The molecular weight excluding hydrogens is 244 g/mol. The summed E-state index contributed by atoms with van der Waals surface area (Å²) >= 11 is 5.88. The normalized spacial score (nSPS) is 16.3. The average Bonchev–Trinajstić information content (AvgIpc) is 2.35. The molecule has 0 heterocycles. The lowest BCUT2D eigenvalue weighted by molar-refractivity contribution is 0.0275. The standard InChI is InChI=1S/C16H25ClO/c1-4-6-7-13(5-2)12-16(3,18)14-8-10-15(17)11-9-14/h8-11,13,18H,4-7,12H2,1-3H3. The molecule has 102 valence electrons. The molecule has 0 aliphatic heterocycles. The van der Waals surface area contributed by atoms with Gasteiger partial charge in [0.2, 0.25) is 0 Å². The molecule has 1 N–H and O–H groups in total. The third-order valence-electron chi connectivity index (χ3n) is 3.70. The number of rotatable bonds is 7. The van der Waals surface area contributed by atoms with E-state index in [0.29, 0.717) is 10.9 Å². The number of hydrogen-bond acceptors (Lipinski definition) is 1. The first-order valence-electron chi connectivity index (χ1n) is 6.98. The Hall–Kier alpha value is -0.530. The van der Waals surface area contributed by atoms with Crippen molar-refractivity contribution in [1.29, 1.82) is 0 Å². The van der Waals surface area contributed by atoms with Crippen molar-refractivity contribution in [2.75, 3.05) is 0 Å². The topological polar surface area (TPSA) is 20.2 Å². The third kappa shape index (κ3) is 4.62. The first-order chi connectivity index (χ1) is 8.49. The highest BCUT2D eigenvalue weighted by atomic mass is 35.5. The average molecular weight is 269 g/mol. The Labute approximate surface area is 116 Å². The lowest BCUT2D eigenvalue weighted by atomic mass is 9.83. The number of unbranched alkanes of at least 4 members (excludes halogenated alkanes) is 1. The van der Waals surface area contributed by atoms with E-state index in [4.69, 9.17) is 11.6 Å². The van der Waals surface area contributed by atoms with E-state index in [1.165, 1.54) is 19.3 Å². The van der Waals surface area contributed by atoms with E-state index in [2.05, 4.69) is 13.8 Å². The lowest BCUT2D eigenvalue weighted by Gasteiger charge is -2.28. The van der Waals surface area contributed by atoms with Crippen molar-refractivity contribution in [3.05, 3.63) is 34.9 Å². The molecule has 2 heteroatoms. The summed E-state index contributed by atoms with van der Waals surface area (Å²) in [4.78, 5) is 0. The van der Waals surface area contributed by atoms with E-state index in [1.54, 1.807) is 0 Å². The molecule has 0 saturated heterocycles. The minimum absolute atomic E-state index is 0.593. The molecule has 0 aromatic heterocycles. The maximum atomic E-state index is 10.6. The summed E-state index contributed by atoms with van der Waals surface area (Å²) < 4.78 is 0. The van der Waals surface area contributed by atoms with Gasteiger partial charge in [0.25, 0.3) is 0 Å². The van der Waals surface area contributed by atoms with Gasteiger partial charge in [-0.1, -0.05) is 63.3 Å². The molecule has 0 aliphatic carbocycles. The molecule has 0 radical (unpaired) electrons. The van der Waals surface area contributed by atoms with Crippen LogP contribution in [0.1, 0.15) is 58.4 Å². The molecule has 1 aromatic carbocycles. The van der Waals surface area contributed by atoms with Crippen LogP contribution in [0.5, 0.6) is 0 Å². The zero-order valence-corrected chi connectivity index (χ0v) is 12.5. The van der Waals surface area contributed by atoms with Gasteiger partial charge in [-0.2, -0.15) is 0 Å². The van der Waals surface area contributed by atoms with Crippen LogP contribution in [0, 0.1) is 5.92 Å². The fraction of sp³-hybridized carbons (Fsp3) is 0.625. The van der Waals surface area contributed by atoms with Gasteiger partial charge in [-0.15, -0.1) is 0 Å². The second-order valence-corrected chi connectivity index (χ2v) is 5.84. The quantitative estimate of drug-likeness (QED) is 0.725. The van der Waals surface area contributed by atoms with Gasteiger partial charge in [-0.05, 0) is 37.0 Å². The molecule has 0 amide bonds. The van der Waals surface area contributed by atoms with Crippen LogP contribution in [-0.4, -0.2) is 5.11 Å². The van der Waals surface area contributed by atoms with Gasteiger partial charge >= 0.3 is 0 Å². The van der Waals surface area contributed by atoms with Crippen LogP contribution in [-0.2, 0) is 5.60 Å². The van der Waals surface area contributed by atoms with Crippen molar-refractivity contribution < 1.29 is 5.11 Å². The van der Waals surface area contributed by atoms with Gasteiger partial charge in [0.15, 0.2) is 0 Å². The fourth-order valence-electron chi connectivity index (χ4n) is 2.43. The van der Waals surface area contributed by atoms with Crippen LogP contribution in [0.25, 0.3) is 0 Å². The predicted molar refractivity (Wildman–Crippen MR) is 78.9 cm³/mol. The molecule has 1 aromatic rings. The van der Waals surface area contributed by atoms with E-state index >= 15 is 0 Å². The number of halogens is 1. The van der Waals surface area contributed by atoms with Crippen LogP contribution in [0.15, 0.2) is 24.3 Å². The molecule has 2 atom stereocenters. The number of benzene rings is 1. The van der Waals surface area contributed by atoms with Crippen LogP contribution in [0.3, 0.4) is 0 Å². The van der Waals surface area contributed by atoms with Gasteiger partial charge < -0.3 is 5.11 Å². The van der Waals surface area contributed by atoms with E-state index in [1.807, 2.05) is 31.2 Å². The molecule has 0 fully saturated rings. The summed E-state index contributed by atoms with van der Waals surface area (Å²) in [5.74, 6) is 0.593. The molecule has 0 aliphatic rings. The van der Waals surface area contributed by atoms with Crippen molar-refractivity contribution in [3.8, 4) is 0 Å². The van der Waals surface area contributed by atoms with E-state index in [9.17, 15) is 5.11 Å². The maximum absolute atomic E-state index is 10.6. The molecular formula is C16H25ClO. The van der Waals surface area contributed by atoms with Crippen molar-refractivity contribution in [2.24, 2.45) is 5.92 Å². The SMILES string of the molecule is CCCCC(CC)CC(C)(O)c1ccc(Cl)cc1. The summed E-state index contributed by atoms with van der Waals surface area (Å²) in [6, 6.07) is 7.54. The Morgan fingerprint density at radius 1 is 1.22 bits per heavy atom. The summed E-state index contributed by atoms with van der Waals surface area (Å²) in [6.45, 7) is 6.33. The van der Waals surface area contributed by atoms with Crippen LogP contribution in [0.2, 0.25) is 5.02 Å². The van der Waals surface area contributed by atoms with E-state index < -0.39 is 5.60 Å². The van der Waals surface area contributed by atoms with Crippen molar-refractivity contribution in [1.82, 2.24) is 0 Å². The zero-order valence-electron chi connectivity index (χ0n) is 11.7. The molecule has 1 nitrogen and oxygen atoms in total. The van der Waals surface area contributed by atoms with Crippen LogP contribution < -0.4 is 0 Å². The van der Waals surface area contributed by atoms with Gasteiger partial charge in [-0.3, -0.25) is 0 Å². The third-order valence-corrected chi connectivity index (χ3v) is 3.95. The lowest BCUT2D eigenvalue weighted by Crippen LogP contribution is -2.25. The highest BCUT2D eigenvalue weighted by Crippen LogP contribution is 2.32. The predicted octanol–water partition coefficient (Wildman–Crippen LogP) is 5.15. The smallest absolute Gasteiger partial charge is 0.0871 e. The molecule has 0 spiro atoms. The van der Waals surface area contributed by atoms with Gasteiger partial charge in [-0.25, -0.2) is 0 Å². The Bertz CT molecular complexity index is 343. The molecule has 0 saturated carbocycles. The Morgan fingerprint density at radius 3 is 2.33 bits per heavy atom. The highest BCUT2D eigenvalue weighted by Gasteiger charge is 2.26. The monoisotopic (exact) mass is 268 g/mol. The number of hydrogen-bond donors (Lipinski definition) is 1. The van der Waals surface area contributed by atoms with Crippen molar-refractivity contribution in [3.63, 3.8) is 0 Å². The van der Waals surface area contributed by atoms with Crippen molar-refractivity contribution >= 4 is 11.6 Å². The van der Waals surface area contributed by atoms with E-state index in [0.717, 1.165) is 18.4 Å². The second kappa shape index (κ2) is 7.16. The highest BCUT2D eigenvalue weighted by molar-refractivity contribution is 6.30. The van der Waals surface area contributed by atoms with Gasteiger partial charge in [0.1, 0.15) is 0 Å². The molecule has 0 bridgehead atoms. The number of aliphatic hydroxyl groups is 1. The largest absolute Gasteiger partial charge is 0.385 e. The van der Waals surface area contributed by atoms with Crippen molar-refractivity contribution in [2.45, 2.75) is 58.5 Å². The summed E-state index contributed by atoms with van der Waals surface area (Å²) in [5.41, 5.74) is 0.209. The Balaban J connectivity index is 2.69.